The minimum Gasteiger partial charge on any atom is -0.351 e. The molecule has 4 aromatic rings. The van der Waals surface area contributed by atoms with Crippen molar-refractivity contribution in [1.29, 1.82) is 0 Å². The fourth-order valence-electron chi connectivity index (χ4n) is 4.36. The number of anilines is 3. The van der Waals surface area contributed by atoms with E-state index in [1.54, 1.807) is 20.3 Å². The Morgan fingerprint density at radius 2 is 1.66 bits per heavy atom. The number of carbonyl (C=O) groups is 2. The first-order chi connectivity index (χ1) is 19.3. The predicted molar refractivity (Wildman–Crippen MR) is 164 cm³/mol. The zero-order valence-electron chi connectivity index (χ0n) is 24.3. The minimum atomic E-state index is -0.509. The molecule has 9 heteroatoms. The number of amides is 3. The molecule has 0 unspecified atom stereocenters. The molecule has 0 bridgehead atoms. The van der Waals surface area contributed by atoms with Crippen LogP contribution in [0.2, 0.25) is 0 Å². The lowest BCUT2D eigenvalue weighted by Crippen LogP contribution is -2.31. The van der Waals surface area contributed by atoms with Gasteiger partial charge in [-0.3, -0.25) is 9.59 Å². The fourth-order valence-corrected chi connectivity index (χ4v) is 4.36. The highest BCUT2D eigenvalue weighted by Gasteiger charge is 2.17. The quantitative estimate of drug-likeness (QED) is 0.277. The van der Waals surface area contributed by atoms with E-state index in [4.69, 9.17) is 5.73 Å². The van der Waals surface area contributed by atoms with Crippen molar-refractivity contribution < 1.29 is 9.59 Å². The number of nitrogens with zero attached hydrogens (tertiary/aromatic N) is 3. The van der Waals surface area contributed by atoms with Crippen molar-refractivity contribution in [3.63, 3.8) is 0 Å². The Bertz CT molecular complexity index is 1630. The van der Waals surface area contributed by atoms with E-state index in [0.29, 0.717) is 29.2 Å². The van der Waals surface area contributed by atoms with Gasteiger partial charge in [-0.15, -0.1) is 0 Å². The second-order valence-corrected chi connectivity index (χ2v) is 11.2. The third kappa shape index (κ3) is 6.81. The van der Waals surface area contributed by atoms with Gasteiger partial charge in [-0.25, -0.2) is 9.78 Å². The van der Waals surface area contributed by atoms with Crippen molar-refractivity contribution in [2.75, 3.05) is 17.7 Å². The number of nitrogens with two attached hydrogens (primary N) is 1. The number of hydrogen-bond acceptors (Lipinski definition) is 5. The number of nitrogens with one attached hydrogen (secondary N) is 2. The zero-order chi connectivity index (χ0) is 29.9. The van der Waals surface area contributed by atoms with Crippen molar-refractivity contribution in [2.24, 2.45) is 12.8 Å². The van der Waals surface area contributed by atoms with Crippen LogP contribution in [0.1, 0.15) is 47.8 Å². The van der Waals surface area contributed by atoms with Crippen LogP contribution >= 0.6 is 0 Å². The summed E-state index contributed by atoms with van der Waals surface area (Å²) in [4.78, 5) is 43.3. The van der Waals surface area contributed by atoms with Gasteiger partial charge in [0, 0.05) is 49.3 Å². The van der Waals surface area contributed by atoms with E-state index in [1.807, 2.05) is 73.7 Å². The summed E-state index contributed by atoms with van der Waals surface area (Å²) in [5.74, 6) is -0.0354. The van der Waals surface area contributed by atoms with Crippen LogP contribution in [-0.2, 0) is 19.0 Å². The van der Waals surface area contributed by atoms with Gasteiger partial charge in [0.2, 0.25) is 0 Å². The molecule has 3 aromatic carbocycles. The van der Waals surface area contributed by atoms with Gasteiger partial charge in [0.25, 0.3) is 11.5 Å². The Morgan fingerprint density at radius 3 is 2.27 bits per heavy atom. The number of benzene rings is 3. The van der Waals surface area contributed by atoms with Gasteiger partial charge < -0.3 is 25.8 Å². The van der Waals surface area contributed by atoms with Gasteiger partial charge in [-0.2, -0.15) is 0 Å². The predicted octanol–water partition coefficient (Wildman–Crippen LogP) is 5.56. The number of rotatable bonds is 7. The third-order valence-corrected chi connectivity index (χ3v) is 6.95. The number of carbonyl (C=O) groups excluding carboxylic acids is 2. The summed E-state index contributed by atoms with van der Waals surface area (Å²) in [6.45, 7) is 8.69. The molecule has 4 N–H and O–H groups in total. The molecule has 0 atom stereocenters. The normalized spacial score (nSPS) is 11.2. The van der Waals surface area contributed by atoms with Gasteiger partial charge in [-0.1, -0.05) is 57.2 Å². The second-order valence-electron chi connectivity index (χ2n) is 11.2. The Hall–Kier alpha value is -4.92. The lowest BCUT2D eigenvalue weighted by molar-refractivity contribution is 0.102. The van der Waals surface area contributed by atoms with Gasteiger partial charge in [0.1, 0.15) is 0 Å². The summed E-state index contributed by atoms with van der Waals surface area (Å²) in [6.07, 6.45) is 1.68. The van der Waals surface area contributed by atoms with E-state index in [-0.39, 0.29) is 22.7 Å². The smallest absolute Gasteiger partial charge is 0.314 e. The first-order valence-electron chi connectivity index (χ1n) is 13.3. The minimum absolute atomic E-state index is 0.00298. The molecule has 212 valence electrons. The molecule has 0 spiro atoms. The Kier molecular flexibility index (Phi) is 8.28. The van der Waals surface area contributed by atoms with E-state index in [9.17, 15) is 14.4 Å². The summed E-state index contributed by atoms with van der Waals surface area (Å²) in [6, 6.07) is 20.1. The summed E-state index contributed by atoms with van der Waals surface area (Å²) >= 11 is 0. The molecular formula is C32H36N6O3. The summed E-state index contributed by atoms with van der Waals surface area (Å²) in [7, 11) is 3.30. The molecule has 0 saturated heterocycles. The van der Waals surface area contributed by atoms with Gasteiger partial charge in [0.15, 0.2) is 5.82 Å². The Labute approximate surface area is 240 Å². The first-order valence-corrected chi connectivity index (χ1v) is 13.3. The van der Waals surface area contributed by atoms with Crippen molar-refractivity contribution in [3.05, 3.63) is 106 Å². The highest BCUT2D eigenvalue weighted by Crippen LogP contribution is 2.29. The molecule has 3 amide bonds. The van der Waals surface area contributed by atoms with Crippen LogP contribution < -0.4 is 21.9 Å². The van der Waals surface area contributed by atoms with E-state index in [1.165, 1.54) is 9.47 Å². The van der Waals surface area contributed by atoms with Crippen LogP contribution in [0, 0.1) is 6.92 Å². The maximum atomic E-state index is 13.0. The van der Waals surface area contributed by atoms with E-state index in [2.05, 4.69) is 36.4 Å². The van der Waals surface area contributed by atoms with E-state index >= 15 is 0 Å². The molecule has 1 heterocycles. The molecule has 9 nitrogen and oxygen atoms in total. The Morgan fingerprint density at radius 1 is 1.00 bits per heavy atom. The van der Waals surface area contributed by atoms with E-state index < -0.39 is 6.03 Å². The molecule has 0 fully saturated rings. The molecule has 0 saturated carbocycles. The van der Waals surface area contributed by atoms with E-state index in [0.717, 1.165) is 22.3 Å². The monoisotopic (exact) mass is 552 g/mol. The lowest BCUT2D eigenvalue weighted by atomic mass is 9.86. The summed E-state index contributed by atoms with van der Waals surface area (Å²) in [5, 5.41) is 6.13. The number of aryl methyl sites for hydroxylation is 1. The molecule has 1 aromatic heterocycles. The van der Waals surface area contributed by atoms with Crippen LogP contribution in [0.5, 0.6) is 0 Å². The molecule has 41 heavy (non-hydrogen) atoms. The van der Waals surface area contributed by atoms with Crippen molar-refractivity contribution in [3.8, 4) is 11.3 Å². The summed E-state index contributed by atoms with van der Waals surface area (Å²) < 4.78 is 1.47. The average Bonchev–Trinajstić information content (AvgIpc) is 2.92. The van der Waals surface area contributed by atoms with Gasteiger partial charge >= 0.3 is 6.03 Å². The van der Waals surface area contributed by atoms with Crippen molar-refractivity contribution in [2.45, 2.75) is 39.7 Å². The highest BCUT2D eigenvalue weighted by atomic mass is 16.2. The molecule has 0 aliphatic rings. The molecular weight excluding hydrogens is 516 g/mol. The number of aromatic nitrogens is 2. The number of hydrogen-bond donors (Lipinski definition) is 3. The molecule has 0 aliphatic carbocycles. The maximum Gasteiger partial charge on any atom is 0.314 e. The van der Waals surface area contributed by atoms with Gasteiger partial charge in [0.05, 0.1) is 5.69 Å². The lowest BCUT2D eigenvalue weighted by Gasteiger charge is -2.19. The second kappa shape index (κ2) is 11.7. The molecule has 4 rings (SSSR count). The number of urea groups is 1. The van der Waals surface area contributed by atoms with Crippen molar-refractivity contribution in [1.82, 2.24) is 14.5 Å². The van der Waals surface area contributed by atoms with Crippen LogP contribution in [-0.4, -0.2) is 33.4 Å². The largest absolute Gasteiger partial charge is 0.351 e. The number of primary amides is 1. The SMILES string of the molecule is Cc1c(NC(=O)c2ccc(C(C)(C)C)cc2)cccc1-c1cn(C)c(=O)c(Nc2ccc(CN(C)C(N)=O)cc2)n1. The highest BCUT2D eigenvalue weighted by molar-refractivity contribution is 6.05. The van der Waals surface area contributed by atoms with Crippen molar-refractivity contribution >= 4 is 29.1 Å². The zero-order valence-corrected chi connectivity index (χ0v) is 24.3. The van der Waals surface area contributed by atoms with Crippen LogP contribution in [0.15, 0.2) is 77.7 Å². The third-order valence-electron chi connectivity index (χ3n) is 6.95. The average molecular weight is 553 g/mol. The topological polar surface area (TPSA) is 122 Å². The maximum absolute atomic E-state index is 13.0. The standard InChI is InChI=1S/C32H36N6O3/c1-20-25(8-7-9-26(20)36-29(39)22-12-14-23(15-13-22)32(2,3)4)27-19-37(5)30(40)28(35-27)34-24-16-10-21(11-17-24)18-38(6)31(33)41/h7-17,19H,18H2,1-6H3,(H2,33,41)(H,34,35)(H,36,39). The fraction of sp³-hybridized carbons (Fsp3) is 0.250. The molecule has 0 aliphatic heterocycles. The van der Waals surface area contributed by atoms with Gasteiger partial charge in [-0.05, 0) is 59.4 Å². The van der Waals surface area contributed by atoms with Crippen LogP contribution in [0.4, 0.5) is 22.0 Å². The van der Waals surface area contributed by atoms with Crippen LogP contribution in [0.25, 0.3) is 11.3 Å². The Balaban J connectivity index is 1.57. The summed E-state index contributed by atoms with van der Waals surface area (Å²) in [5.41, 5.74) is 11.2. The van der Waals surface area contributed by atoms with Crippen LogP contribution in [0.3, 0.4) is 0 Å². The molecule has 0 radical (unpaired) electrons. The first kappa shape index (κ1) is 29.1.